The number of rotatable bonds is 4. The maximum Gasteiger partial charge on any atom is 0.335 e. The monoisotopic (exact) mass is 197 g/mol. The zero-order chi connectivity index (χ0) is 10.6. The molecule has 4 nitrogen and oxygen atoms in total. The van der Waals surface area contributed by atoms with Gasteiger partial charge in [-0.05, 0) is 18.9 Å². The molecule has 0 aliphatic carbocycles. The van der Waals surface area contributed by atoms with Crippen molar-refractivity contribution in [1.29, 1.82) is 0 Å². The third-order valence-electron chi connectivity index (χ3n) is 2.10. The molecule has 0 N–H and O–H groups in total. The van der Waals surface area contributed by atoms with Crippen LogP contribution in [0, 0.1) is 0 Å². The van der Waals surface area contributed by atoms with Crippen molar-refractivity contribution in [1.82, 2.24) is 0 Å². The minimum absolute atomic E-state index is 0.346. The predicted molar refractivity (Wildman–Crippen MR) is 53.2 cm³/mol. The van der Waals surface area contributed by atoms with Crippen molar-refractivity contribution in [2.24, 2.45) is 4.99 Å². The second-order valence-corrected chi connectivity index (χ2v) is 3.02. The predicted octanol–water partition coefficient (Wildman–Crippen LogP) is 1.31. The number of carbonyl (C=O) groups excluding carboxylic acids is 1. The van der Waals surface area contributed by atoms with E-state index in [1.54, 1.807) is 6.92 Å². The number of hydrogen-bond donors (Lipinski definition) is 0. The Morgan fingerprint density at radius 1 is 1.64 bits per heavy atom. The fraction of sp³-hybridized carbons (Fsp3) is 0.600. The van der Waals surface area contributed by atoms with E-state index < -0.39 is 6.04 Å². The molecule has 0 amide bonds. The van der Waals surface area contributed by atoms with Crippen LogP contribution in [-0.4, -0.2) is 31.1 Å². The number of esters is 1. The van der Waals surface area contributed by atoms with Gasteiger partial charge in [0.1, 0.15) is 0 Å². The Hall–Kier alpha value is -1.32. The molecule has 0 bridgehead atoms. The normalized spacial score (nSPS) is 24.4. The molecule has 14 heavy (non-hydrogen) atoms. The average molecular weight is 197 g/mol. The first-order valence-electron chi connectivity index (χ1n) is 4.72. The molecule has 1 heterocycles. The van der Waals surface area contributed by atoms with Crippen LogP contribution in [0.15, 0.2) is 17.1 Å². The number of aliphatic imine (C=N–C) groups is 1. The largest absolute Gasteiger partial charge is 0.473 e. The number of hydrogen-bond acceptors (Lipinski definition) is 4. The topological polar surface area (TPSA) is 47.9 Å². The van der Waals surface area contributed by atoms with Crippen molar-refractivity contribution in [3.63, 3.8) is 0 Å². The number of nitrogens with zero attached hydrogens (tertiary/aromatic N) is 1. The third kappa shape index (κ3) is 2.13. The van der Waals surface area contributed by atoms with Gasteiger partial charge in [-0.1, -0.05) is 13.5 Å². The maximum absolute atomic E-state index is 11.4. The Labute approximate surface area is 83.6 Å². The maximum atomic E-state index is 11.4. The lowest BCUT2D eigenvalue weighted by molar-refractivity contribution is -0.145. The van der Waals surface area contributed by atoms with Crippen LogP contribution in [0.25, 0.3) is 0 Å². The van der Waals surface area contributed by atoms with Gasteiger partial charge in [0.2, 0.25) is 0 Å². The van der Waals surface area contributed by atoms with Crippen molar-refractivity contribution in [3.05, 3.63) is 12.2 Å². The van der Waals surface area contributed by atoms with Crippen molar-refractivity contribution in [2.75, 3.05) is 6.61 Å². The summed E-state index contributed by atoms with van der Waals surface area (Å²) in [5, 5.41) is 0. The van der Waals surface area contributed by atoms with E-state index in [1.165, 1.54) is 6.40 Å². The van der Waals surface area contributed by atoms with Crippen LogP contribution in [0.1, 0.15) is 20.3 Å². The first kappa shape index (κ1) is 10.8. The van der Waals surface area contributed by atoms with E-state index >= 15 is 0 Å². The molecule has 0 saturated heterocycles. The zero-order valence-electron chi connectivity index (χ0n) is 8.53. The van der Waals surface area contributed by atoms with Gasteiger partial charge in [-0.3, -0.25) is 0 Å². The number of ether oxygens (including phenoxy) is 2. The Bertz CT molecular complexity index is 260. The smallest absolute Gasteiger partial charge is 0.335 e. The lowest BCUT2D eigenvalue weighted by atomic mass is 10.0. The summed E-state index contributed by atoms with van der Waals surface area (Å²) in [5.74, 6) is -0.346. The molecule has 2 atom stereocenters. The summed E-state index contributed by atoms with van der Waals surface area (Å²) < 4.78 is 10.1. The van der Waals surface area contributed by atoms with Gasteiger partial charge < -0.3 is 9.47 Å². The van der Waals surface area contributed by atoms with Gasteiger partial charge >= 0.3 is 5.97 Å². The Kier molecular flexibility index (Phi) is 3.68. The quantitative estimate of drug-likeness (QED) is 0.504. The molecule has 0 aromatic heterocycles. The van der Waals surface area contributed by atoms with E-state index in [9.17, 15) is 4.79 Å². The average Bonchev–Trinajstić information content (AvgIpc) is 2.65. The molecule has 1 rings (SSSR count). The molecule has 2 unspecified atom stereocenters. The molecular formula is C10H15NO3. The highest BCUT2D eigenvalue weighted by Gasteiger charge is 2.34. The molecule has 0 spiro atoms. The van der Waals surface area contributed by atoms with E-state index in [2.05, 4.69) is 11.6 Å². The highest BCUT2D eigenvalue weighted by Crippen LogP contribution is 2.20. The molecule has 1 aliphatic heterocycles. The minimum atomic E-state index is -0.567. The summed E-state index contributed by atoms with van der Waals surface area (Å²) in [6.07, 6.45) is 1.72. The van der Waals surface area contributed by atoms with Crippen molar-refractivity contribution in [3.8, 4) is 0 Å². The summed E-state index contributed by atoms with van der Waals surface area (Å²) in [6.45, 7) is 7.92. The molecule has 0 fully saturated rings. The van der Waals surface area contributed by atoms with E-state index in [0.717, 1.165) is 12.0 Å². The second kappa shape index (κ2) is 4.79. The summed E-state index contributed by atoms with van der Waals surface area (Å²) >= 11 is 0. The highest BCUT2D eigenvalue weighted by molar-refractivity contribution is 5.80. The van der Waals surface area contributed by atoms with Crippen LogP contribution in [0.2, 0.25) is 0 Å². The van der Waals surface area contributed by atoms with Gasteiger partial charge in [-0.25, -0.2) is 9.79 Å². The Morgan fingerprint density at radius 3 is 2.93 bits per heavy atom. The van der Waals surface area contributed by atoms with E-state index in [4.69, 9.17) is 9.47 Å². The van der Waals surface area contributed by atoms with Crippen LogP contribution >= 0.6 is 0 Å². The third-order valence-corrected chi connectivity index (χ3v) is 2.10. The van der Waals surface area contributed by atoms with Crippen LogP contribution in [-0.2, 0) is 14.3 Å². The summed E-state index contributed by atoms with van der Waals surface area (Å²) in [6, 6.07) is -0.567. The van der Waals surface area contributed by atoms with Gasteiger partial charge in [0, 0.05) is 0 Å². The fourth-order valence-corrected chi connectivity index (χ4v) is 1.25. The molecule has 0 saturated carbocycles. The molecule has 0 aromatic carbocycles. The van der Waals surface area contributed by atoms with Crippen molar-refractivity contribution >= 4 is 12.4 Å². The van der Waals surface area contributed by atoms with Crippen LogP contribution in [0.5, 0.6) is 0 Å². The SMILES string of the molecule is C=C(CC)C1OC=NC1C(=O)OCC. The second-order valence-electron chi connectivity index (χ2n) is 3.02. The van der Waals surface area contributed by atoms with Gasteiger partial charge in [-0.2, -0.15) is 0 Å². The Morgan fingerprint density at radius 2 is 2.36 bits per heavy atom. The first-order valence-corrected chi connectivity index (χ1v) is 4.72. The van der Waals surface area contributed by atoms with Gasteiger partial charge in [0.25, 0.3) is 0 Å². The van der Waals surface area contributed by atoms with Crippen LogP contribution in [0.4, 0.5) is 0 Å². The lowest BCUT2D eigenvalue weighted by Gasteiger charge is -2.17. The molecule has 0 aromatic rings. The molecular weight excluding hydrogens is 182 g/mol. The van der Waals surface area contributed by atoms with Gasteiger partial charge in [-0.15, -0.1) is 0 Å². The van der Waals surface area contributed by atoms with Crippen molar-refractivity contribution in [2.45, 2.75) is 32.4 Å². The van der Waals surface area contributed by atoms with Gasteiger partial charge in [0.15, 0.2) is 18.5 Å². The van der Waals surface area contributed by atoms with E-state index in [0.29, 0.717) is 6.61 Å². The first-order chi connectivity index (χ1) is 6.70. The van der Waals surface area contributed by atoms with Crippen LogP contribution in [0.3, 0.4) is 0 Å². The molecule has 0 radical (unpaired) electrons. The summed E-state index contributed by atoms with van der Waals surface area (Å²) in [4.78, 5) is 15.3. The lowest BCUT2D eigenvalue weighted by Crippen LogP contribution is -2.32. The molecule has 78 valence electrons. The fourth-order valence-electron chi connectivity index (χ4n) is 1.25. The molecule has 1 aliphatic rings. The van der Waals surface area contributed by atoms with E-state index in [1.807, 2.05) is 6.92 Å². The summed E-state index contributed by atoms with van der Waals surface area (Å²) in [7, 11) is 0. The van der Waals surface area contributed by atoms with E-state index in [-0.39, 0.29) is 12.1 Å². The van der Waals surface area contributed by atoms with Crippen molar-refractivity contribution < 1.29 is 14.3 Å². The standard InChI is InChI=1S/C10H15NO3/c1-4-7(3)9-8(11-6-14-9)10(12)13-5-2/h6,8-9H,3-5H2,1-2H3. The molecule has 4 heteroatoms. The summed E-state index contributed by atoms with van der Waals surface area (Å²) in [5.41, 5.74) is 0.862. The van der Waals surface area contributed by atoms with Crippen LogP contribution < -0.4 is 0 Å². The number of carbonyl (C=O) groups is 1. The Balaban J connectivity index is 2.62. The minimum Gasteiger partial charge on any atom is -0.473 e. The highest BCUT2D eigenvalue weighted by atomic mass is 16.5. The zero-order valence-corrected chi connectivity index (χ0v) is 8.53. The van der Waals surface area contributed by atoms with Gasteiger partial charge in [0.05, 0.1) is 6.61 Å².